The molecular weight excluding hydrogens is 226 g/mol. The highest BCUT2D eigenvalue weighted by atomic mass is 35.5. The SMILES string of the molecule is COc1ccc(-c2ncc(C#N)[nH]2)cc1Cl. The predicted molar refractivity (Wildman–Crippen MR) is 60.3 cm³/mol. The number of imidazole rings is 1. The Bertz CT molecular complexity index is 557. The van der Waals surface area contributed by atoms with Crippen molar-refractivity contribution in [3.05, 3.63) is 35.1 Å². The molecule has 80 valence electrons. The summed E-state index contributed by atoms with van der Waals surface area (Å²) in [6.07, 6.45) is 1.48. The van der Waals surface area contributed by atoms with Crippen LogP contribution in [0.5, 0.6) is 5.75 Å². The number of ether oxygens (including phenoxy) is 1. The number of H-pyrrole nitrogens is 1. The van der Waals surface area contributed by atoms with Crippen LogP contribution >= 0.6 is 11.6 Å². The number of hydrogen-bond acceptors (Lipinski definition) is 3. The highest BCUT2D eigenvalue weighted by Gasteiger charge is 2.06. The van der Waals surface area contributed by atoms with Gasteiger partial charge in [0, 0.05) is 5.56 Å². The summed E-state index contributed by atoms with van der Waals surface area (Å²) in [7, 11) is 1.56. The Balaban J connectivity index is 2.42. The van der Waals surface area contributed by atoms with Gasteiger partial charge in [-0.2, -0.15) is 5.26 Å². The zero-order valence-corrected chi connectivity index (χ0v) is 9.25. The smallest absolute Gasteiger partial charge is 0.138 e. The molecule has 0 amide bonds. The molecule has 0 saturated heterocycles. The summed E-state index contributed by atoms with van der Waals surface area (Å²) in [5.41, 5.74) is 1.23. The van der Waals surface area contributed by atoms with Crippen LogP contribution in [0.4, 0.5) is 0 Å². The quantitative estimate of drug-likeness (QED) is 0.867. The summed E-state index contributed by atoms with van der Waals surface area (Å²) in [5.74, 6) is 1.22. The summed E-state index contributed by atoms with van der Waals surface area (Å²) in [4.78, 5) is 6.95. The lowest BCUT2D eigenvalue weighted by Crippen LogP contribution is -1.86. The Hall–Kier alpha value is -1.99. The van der Waals surface area contributed by atoms with Crippen LogP contribution in [0.15, 0.2) is 24.4 Å². The number of nitriles is 1. The molecule has 0 aliphatic heterocycles. The van der Waals surface area contributed by atoms with E-state index in [4.69, 9.17) is 21.6 Å². The molecule has 0 radical (unpaired) electrons. The van der Waals surface area contributed by atoms with Gasteiger partial charge in [-0.05, 0) is 18.2 Å². The van der Waals surface area contributed by atoms with Crippen molar-refractivity contribution in [2.45, 2.75) is 0 Å². The van der Waals surface area contributed by atoms with E-state index >= 15 is 0 Å². The summed E-state index contributed by atoms with van der Waals surface area (Å²) in [6, 6.07) is 7.30. The predicted octanol–water partition coefficient (Wildman–Crippen LogP) is 2.61. The molecule has 0 bridgehead atoms. The average molecular weight is 234 g/mol. The van der Waals surface area contributed by atoms with Gasteiger partial charge in [-0.3, -0.25) is 0 Å². The van der Waals surface area contributed by atoms with E-state index in [1.165, 1.54) is 6.20 Å². The monoisotopic (exact) mass is 233 g/mol. The maximum absolute atomic E-state index is 8.67. The fraction of sp³-hybridized carbons (Fsp3) is 0.0909. The molecule has 5 heteroatoms. The van der Waals surface area contributed by atoms with E-state index in [1.54, 1.807) is 19.2 Å². The molecule has 1 aromatic carbocycles. The van der Waals surface area contributed by atoms with Crippen LogP contribution in [0.2, 0.25) is 5.02 Å². The van der Waals surface area contributed by atoms with E-state index in [0.717, 1.165) is 5.56 Å². The normalized spacial score (nSPS) is 9.81. The maximum Gasteiger partial charge on any atom is 0.138 e. The van der Waals surface area contributed by atoms with E-state index in [0.29, 0.717) is 22.3 Å². The Morgan fingerprint density at radius 1 is 1.50 bits per heavy atom. The van der Waals surface area contributed by atoms with Crippen molar-refractivity contribution in [2.24, 2.45) is 0 Å². The van der Waals surface area contributed by atoms with Gasteiger partial charge in [-0.25, -0.2) is 4.98 Å². The van der Waals surface area contributed by atoms with Crippen molar-refractivity contribution in [3.63, 3.8) is 0 Å². The zero-order valence-electron chi connectivity index (χ0n) is 8.49. The molecule has 0 aliphatic rings. The minimum atomic E-state index is 0.418. The van der Waals surface area contributed by atoms with Crippen molar-refractivity contribution in [2.75, 3.05) is 7.11 Å². The fourth-order valence-electron chi connectivity index (χ4n) is 1.34. The van der Waals surface area contributed by atoms with E-state index in [9.17, 15) is 0 Å². The molecule has 2 rings (SSSR count). The third-order valence-electron chi connectivity index (χ3n) is 2.12. The van der Waals surface area contributed by atoms with Gasteiger partial charge in [0.25, 0.3) is 0 Å². The number of benzene rings is 1. The minimum absolute atomic E-state index is 0.418. The summed E-state index contributed by atoms with van der Waals surface area (Å²) in [5, 5.41) is 9.18. The van der Waals surface area contributed by atoms with E-state index in [2.05, 4.69) is 9.97 Å². The summed E-state index contributed by atoms with van der Waals surface area (Å²) < 4.78 is 5.05. The van der Waals surface area contributed by atoms with Crippen molar-refractivity contribution < 1.29 is 4.74 Å². The molecule has 0 atom stereocenters. The van der Waals surface area contributed by atoms with Crippen LogP contribution in [-0.4, -0.2) is 17.1 Å². The number of aromatic amines is 1. The maximum atomic E-state index is 8.67. The van der Waals surface area contributed by atoms with Gasteiger partial charge in [0.1, 0.15) is 23.3 Å². The lowest BCUT2D eigenvalue weighted by molar-refractivity contribution is 0.415. The fourth-order valence-corrected chi connectivity index (χ4v) is 1.60. The number of halogens is 1. The first-order valence-corrected chi connectivity index (χ1v) is 4.91. The first-order valence-electron chi connectivity index (χ1n) is 4.53. The van der Waals surface area contributed by atoms with E-state index in [1.807, 2.05) is 12.1 Å². The third-order valence-corrected chi connectivity index (χ3v) is 2.42. The van der Waals surface area contributed by atoms with Crippen LogP contribution in [0.3, 0.4) is 0 Å². The van der Waals surface area contributed by atoms with Crippen molar-refractivity contribution in [1.29, 1.82) is 5.26 Å². The van der Waals surface area contributed by atoms with Gasteiger partial charge >= 0.3 is 0 Å². The highest BCUT2D eigenvalue weighted by Crippen LogP contribution is 2.28. The number of aromatic nitrogens is 2. The van der Waals surface area contributed by atoms with Gasteiger partial charge in [0.2, 0.25) is 0 Å². The Morgan fingerprint density at radius 3 is 2.88 bits per heavy atom. The average Bonchev–Trinajstić information content (AvgIpc) is 2.77. The van der Waals surface area contributed by atoms with Crippen LogP contribution in [0.1, 0.15) is 5.69 Å². The Kier molecular flexibility index (Phi) is 2.80. The minimum Gasteiger partial charge on any atom is -0.495 e. The molecular formula is C11H8ClN3O. The molecule has 0 aliphatic carbocycles. The third kappa shape index (κ3) is 1.86. The lowest BCUT2D eigenvalue weighted by Gasteiger charge is -2.03. The van der Waals surface area contributed by atoms with Gasteiger partial charge in [-0.1, -0.05) is 11.6 Å². The van der Waals surface area contributed by atoms with Gasteiger partial charge in [0.15, 0.2) is 0 Å². The molecule has 0 unspecified atom stereocenters. The number of hydrogen-bond donors (Lipinski definition) is 1. The molecule has 1 N–H and O–H groups in total. The first kappa shape index (κ1) is 10.5. The van der Waals surface area contributed by atoms with Gasteiger partial charge < -0.3 is 9.72 Å². The van der Waals surface area contributed by atoms with Crippen molar-refractivity contribution >= 4 is 11.6 Å². The molecule has 2 aromatic rings. The molecule has 0 spiro atoms. The number of nitrogens with zero attached hydrogens (tertiary/aromatic N) is 2. The lowest BCUT2D eigenvalue weighted by atomic mass is 10.2. The topological polar surface area (TPSA) is 61.7 Å². The molecule has 1 heterocycles. The molecule has 0 fully saturated rings. The second-order valence-corrected chi connectivity index (χ2v) is 3.51. The zero-order chi connectivity index (χ0) is 11.5. The van der Waals surface area contributed by atoms with Crippen molar-refractivity contribution in [3.8, 4) is 23.2 Å². The van der Waals surface area contributed by atoms with Crippen LogP contribution in [0.25, 0.3) is 11.4 Å². The highest BCUT2D eigenvalue weighted by molar-refractivity contribution is 6.32. The number of rotatable bonds is 2. The second-order valence-electron chi connectivity index (χ2n) is 3.11. The Morgan fingerprint density at radius 2 is 2.31 bits per heavy atom. The summed E-state index contributed by atoms with van der Waals surface area (Å²) in [6.45, 7) is 0. The Labute approximate surface area is 97.5 Å². The molecule has 16 heavy (non-hydrogen) atoms. The number of methoxy groups -OCH3 is 1. The number of nitrogens with one attached hydrogen (secondary N) is 1. The molecule has 4 nitrogen and oxygen atoms in total. The van der Waals surface area contributed by atoms with Crippen LogP contribution in [0, 0.1) is 11.3 Å². The van der Waals surface area contributed by atoms with E-state index in [-0.39, 0.29) is 0 Å². The van der Waals surface area contributed by atoms with Gasteiger partial charge in [0.05, 0.1) is 18.3 Å². The second kappa shape index (κ2) is 4.25. The first-order chi connectivity index (χ1) is 7.74. The van der Waals surface area contributed by atoms with Crippen LogP contribution < -0.4 is 4.74 Å². The molecule has 1 aromatic heterocycles. The van der Waals surface area contributed by atoms with Gasteiger partial charge in [-0.15, -0.1) is 0 Å². The standard InChI is InChI=1S/C11H8ClN3O/c1-16-10-3-2-7(4-9(10)12)11-14-6-8(5-13)15-11/h2-4,6H,1H3,(H,14,15). The van der Waals surface area contributed by atoms with Crippen molar-refractivity contribution in [1.82, 2.24) is 9.97 Å². The van der Waals surface area contributed by atoms with E-state index < -0.39 is 0 Å². The van der Waals surface area contributed by atoms with Crippen LogP contribution in [-0.2, 0) is 0 Å². The summed E-state index contributed by atoms with van der Waals surface area (Å²) >= 11 is 5.99. The largest absolute Gasteiger partial charge is 0.495 e. The molecule has 0 saturated carbocycles.